The Hall–Kier alpha value is -2.41. The van der Waals surface area contributed by atoms with Crippen LogP contribution in [0.5, 0.6) is 11.5 Å². The summed E-state index contributed by atoms with van der Waals surface area (Å²) in [6.07, 6.45) is -0.876. The summed E-state index contributed by atoms with van der Waals surface area (Å²) >= 11 is 5.89. The lowest BCUT2D eigenvalue weighted by Gasteiger charge is -2.02. The van der Waals surface area contributed by atoms with Crippen LogP contribution in [0.4, 0.5) is 15.1 Å². The number of furan rings is 1. The molecular weight excluding hydrogens is 305 g/mol. The molecule has 1 aromatic heterocycles. The summed E-state index contributed by atoms with van der Waals surface area (Å²) in [5.74, 6) is -2.69. The average molecular weight is 316 g/mol. The van der Waals surface area contributed by atoms with E-state index in [4.69, 9.17) is 16.0 Å². The lowest BCUT2D eigenvalue weighted by Crippen LogP contribution is -2.12. The van der Waals surface area contributed by atoms with Crippen molar-refractivity contribution in [1.29, 1.82) is 0 Å². The van der Waals surface area contributed by atoms with Crippen LogP contribution in [0.1, 0.15) is 6.92 Å². The van der Waals surface area contributed by atoms with Crippen molar-refractivity contribution in [3.05, 3.63) is 29.0 Å². The summed E-state index contributed by atoms with van der Waals surface area (Å²) in [6.45, 7) is 1.71. The molecule has 0 atom stereocenters. The third-order valence-corrected chi connectivity index (χ3v) is 2.85. The van der Waals surface area contributed by atoms with Crippen molar-refractivity contribution in [2.45, 2.75) is 6.92 Å². The number of aromatic hydroxyl groups is 2. The normalized spacial score (nSPS) is 10.4. The topological polar surface area (TPSA) is 91.9 Å². The number of carbonyl (C=O) groups excluding carboxylic acids is 1. The maximum Gasteiger partial charge on any atom is 0.414 e. The zero-order chi connectivity index (χ0) is 15.6. The summed E-state index contributed by atoms with van der Waals surface area (Å²) in [6, 6.07) is 3.42. The largest absolute Gasteiger partial charge is 0.502 e. The number of rotatable bonds is 3. The van der Waals surface area contributed by atoms with Gasteiger partial charge in [-0.15, -0.1) is 0 Å². The van der Waals surface area contributed by atoms with Crippen molar-refractivity contribution < 1.29 is 28.6 Å². The van der Waals surface area contributed by atoms with E-state index in [1.165, 1.54) is 6.07 Å². The number of amides is 1. The SMILES string of the molecule is CCOC(=O)Nc1oc(-c2cc(F)ccc2Cl)c(O)c1O. The van der Waals surface area contributed by atoms with Gasteiger partial charge in [0.15, 0.2) is 5.76 Å². The van der Waals surface area contributed by atoms with Crippen molar-refractivity contribution in [2.75, 3.05) is 11.9 Å². The first-order chi connectivity index (χ1) is 9.93. The molecule has 0 aliphatic carbocycles. The summed E-state index contributed by atoms with van der Waals surface area (Å²) in [7, 11) is 0. The molecule has 0 radical (unpaired) electrons. The van der Waals surface area contributed by atoms with Gasteiger partial charge in [0.05, 0.1) is 11.6 Å². The first kappa shape index (κ1) is 15.0. The fraction of sp³-hybridized carbons (Fsp3) is 0.154. The van der Waals surface area contributed by atoms with E-state index in [0.717, 1.165) is 12.1 Å². The fourth-order valence-corrected chi connectivity index (χ4v) is 1.82. The van der Waals surface area contributed by atoms with Gasteiger partial charge in [0.2, 0.25) is 17.4 Å². The Bertz CT molecular complexity index is 685. The van der Waals surface area contributed by atoms with Crippen LogP contribution in [-0.4, -0.2) is 22.9 Å². The van der Waals surface area contributed by atoms with Gasteiger partial charge >= 0.3 is 6.09 Å². The highest BCUT2D eigenvalue weighted by atomic mass is 35.5. The first-order valence-corrected chi connectivity index (χ1v) is 6.25. The molecule has 1 aromatic carbocycles. The molecule has 0 saturated carbocycles. The highest BCUT2D eigenvalue weighted by Crippen LogP contribution is 2.46. The second kappa shape index (κ2) is 5.92. The molecular formula is C13H11ClFNO5. The monoisotopic (exact) mass is 315 g/mol. The second-order valence-corrected chi connectivity index (χ2v) is 4.33. The molecule has 8 heteroatoms. The molecule has 0 aliphatic rings. The van der Waals surface area contributed by atoms with E-state index < -0.39 is 29.3 Å². The molecule has 3 N–H and O–H groups in total. The smallest absolute Gasteiger partial charge is 0.414 e. The Kier molecular flexibility index (Phi) is 4.23. The molecule has 2 aromatic rings. The van der Waals surface area contributed by atoms with Gasteiger partial charge in [-0.1, -0.05) is 11.6 Å². The number of benzene rings is 1. The van der Waals surface area contributed by atoms with E-state index in [9.17, 15) is 19.4 Å². The highest BCUT2D eigenvalue weighted by molar-refractivity contribution is 6.33. The van der Waals surface area contributed by atoms with Crippen molar-refractivity contribution in [3.63, 3.8) is 0 Å². The lowest BCUT2D eigenvalue weighted by atomic mass is 10.1. The Balaban J connectivity index is 2.42. The third-order valence-electron chi connectivity index (χ3n) is 2.52. The quantitative estimate of drug-likeness (QED) is 0.803. The Morgan fingerprint density at radius 1 is 1.43 bits per heavy atom. The van der Waals surface area contributed by atoms with Crippen molar-refractivity contribution in [2.24, 2.45) is 0 Å². The van der Waals surface area contributed by atoms with Gasteiger partial charge < -0.3 is 19.4 Å². The minimum absolute atomic E-state index is 0.0291. The number of carbonyl (C=O) groups is 1. The zero-order valence-electron chi connectivity index (χ0n) is 10.8. The molecule has 0 fully saturated rings. The maximum absolute atomic E-state index is 13.2. The predicted octanol–water partition coefficient (Wildman–Crippen LogP) is 3.72. The minimum atomic E-state index is -0.876. The Morgan fingerprint density at radius 2 is 2.14 bits per heavy atom. The van der Waals surface area contributed by atoms with Crippen LogP contribution in [-0.2, 0) is 4.74 Å². The average Bonchev–Trinajstić information content (AvgIpc) is 2.70. The van der Waals surface area contributed by atoms with Gasteiger partial charge in [-0.05, 0) is 25.1 Å². The molecule has 0 bridgehead atoms. The number of anilines is 1. The van der Waals surface area contributed by atoms with Crippen LogP contribution < -0.4 is 5.32 Å². The molecule has 1 amide bonds. The zero-order valence-corrected chi connectivity index (χ0v) is 11.6. The lowest BCUT2D eigenvalue weighted by molar-refractivity contribution is 0.167. The number of nitrogens with one attached hydrogen (secondary N) is 1. The van der Waals surface area contributed by atoms with Gasteiger partial charge in [-0.3, -0.25) is 5.32 Å². The molecule has 6 nitrogen and oxygen atoms in total. The summed E-state index contributed by atoms with van der Waals surface area (Å²) in [4.78, 5) is 11.3. The summed E-state index contributed by atoms with van der Waals surface area (Å²) in [5, 5.41) is 21.7. The van der Waals surface area contributed by atoms with Crippen LogP contribution in [0.3, 0.4) is 0 Å². The van der Waals surface area contributed by atoms with E-state index in [2.05, 4.69) is 10.1 Å². The fourth-order valence-electron chi connectivity index (χ4n) is 1.61. The summed E-state index contributed by atoms with van der Waals surface area (Å²) < 4.78 is 23.0. The van der Waals surface area contributed by atoms with Gasteiger partial charge in [0.25, 0.3) is 0 Å². The molecule has 2 rings (SSSR count). The molecule has 0 saturated heterocycles. The maximum atomic E-state index is 13.2. The van der Waals surface area contributed by atoms with Gasteiger partial charge in [-0.25, -0.2) is 9.18 Å². The van der Waals surface area contributed by atoms with Crippen molar-refractivity contribution in [3.8, 4) is 22.8 Å². The first-order valence-electron chi connectivity index (χ1n) is 5.88. The van der Waals surface area contributed by atoms with Crippen LogP contribution in [0.25, 0.3) is 11.3 Å². The van der Waals surface area contributed by atoms with E-state index >= 15 is 0 Å². The van der Waals surface area contributed by atoms with Crippen LogP contribution in [0.15, 0.2) is 22.6 Å². The van der Waals surface area contributed by atoms with Crippen LogP contribution >= 0.6 is 11.6 Å². The molecule has 112 valence electrons. The molecule has 1 heterocycles. The van der Waals surface area contributed by atoms with E-state index in [1.54, 1.807) is 6.92 Å². The van der Waals surface area contributed by atoms with Gasteiger partial charge in [-0.2, -0.15) is 0 Å². The number of hydrogen-bond donors (Lipinski definition) is 3. The van der Waals surface area contributed by atoms with Crippen LogP contribution in [0.2, 0.25) is 5.02 Å². The van der Waals surface area contributed by atoms with Crippen LogP contribution in [0, 0.1) is 5.82 Å². The molecule has 0 spiro atoms. The molecule has 0 aliphatic heterocycles. The van der Waals surface area contributed by atoms with Gasteiger partial charge in [0, 0.05) is 5.56 Å². The summed E-state index contributed by atoms with van der Waals surface area (Å²) in [5.41, 5.74) is 0.0291. The van der Waals surface area contributed by atoms with Crippen molar-refractivity contribution in [1.82, 2.24) is 0 Å². The number of hydrogen-bond acceptors (Lipinski definition) is 5. The number of ether oxygens (including phenoxy) is 1. The second-order valence-electron chi connectivity index (χ2n) is 3.93. The van der Waals surface area contributed by atoms with E-state index in [1.807, 2.05) is 0 Å². The standard InChI is InChI=1S/C13H11ClFNO5/c1-2-20-13(19)16-12-10(18)9(17)11(21-12)7-5-6(15)3-4-8(7)14/h3-5,17-18H,2H2,1H3,(H,16,19). The molecule has 21 heavy (non-hydrogen) atoms. The predicted molar refractivity (Wildman–Crippen MR) is 73.1 cm³/mol. The van der Waals surface area contributed by atoms with Crippen molar-refractivity contribution >= 4 is 23.6 Å². The van der Waals surface area contributed by atoms with E-state index in [-0.39, 0.29) is 23.0 Å². The minimum Gasteiger partial charge on any atom is -0.502 e. The highest BCUT2D eigenvalue weighted by Gasteiger charge is 2.24. The Labute approximate surface area is 123 Å². The van der Waals surface area contributed by atoms with E-state index in [0.29, 0.717) is 0 Å². The molecule has 0 unspecified atom stereocenters. The third kappa shape index (κ3) is 3.03. The van der Waals surface area contributed by atoms with Gasteiger partial charge in [0.1, 0.15) is 5.82 Å². The number of halogens is 2. The Morgan fingerprint density at radius 3 is 2.81 bits per heavy atom.